The number of amides is 1. The second-order valence-electron chi connectivity index (χ2n) is 8.04. The van der Waals surface area contributed by atoms with Gasteiger partial charge in [0.15, 0.2) is 0 Å². The molecule has 0 bridgehead atoms. The van der Waals surface area contributed by atoms with E-state index in [4.69, 9.17) is 4.98 Å². The Balaban J connectivity index is 1.83. The summed E-state index contributed by atoms with van der Waals surface area (Å²) in [7, 11) is 3.78. The van der Waals surface area contributed by atoms with E-state index in [1.54, 1.807) is 29.3 Å². The van der Waals surface area contributed by atoms with Crippen LogP contribution in [0.15, 0.2) is 48.9 Å². The molecular formula is C24H26FN5O. The second kappa shape index (κ2) is 8.79. The molecule has 0 radical (unpaired) electrons. The Morgan fingerprint density at radius 3 is 2.68 bits per heavy atom. The summed E-state index contributed by atoms with van der Waals surface area (Å²) in [6.45, 7) is 2.56. The number of rotatable bonds is 4. The second-order valence-corrected chi connectivity index (χ2v) is 8.04. The molecule has 0 N–H and O–H groups in total. The summed E-state index contributed by atoms with van der Waals surface area (Å²) in [4.78, 5) is 30.6. The van der Waals surface area contributed by atoms with Crippen molar-refractivity contribution < 1.29 is 9.18 Å². The van der Waals surface area contributed by atoms with Crippen LogP contribution in [0.25, 0.3) is 11.1 Å². The summed E-state index contributed by atoms with van der Waals surface area (Å²) in [6, 6.07) is 7.84. The number of carbonyl (C=O) groups excluding carboxylic acids is 1. The van der Waals surface area contributed by atoms with E-state index in [1.807, 2.05) is 44.4 Å². The first-order valence-electron chi connectivity index (χ1n) is 10.5. The molecule has 1 amide bonds. The van der Waals surface area contributed by atoms with Crippen LogP contribution in [0.5, 0.6) is 0 Å². The number of benzene rings is 1. The minimum absolute atomic E-state index is 0.0953. The van der Waals surface area contributed by atoms with E-state index in [9.17, 15) is 9.18 Å². The van der Waals surface area contributed by atoms with Gasteiger partial charge in [-0.25, -0.2) is 14.4 Å². The lowest BCUT2D eigenvalue weighted by atomic mass is 9.92. The van der Waals surface area contributed by atoms with Crippen LogP contribution in [0.2, 0.25) is 0 Å². The molecule has 0 unspecified atom stereocenters. The highest BCUT2D eigenvalue weighted by molar-refractivity contribution is 5.95. The van der Waals surface area contributed by atoms with Gasteiger partial charge in [0.05, 0.1) is 17.3 Å². The van der Waals surface area contributed by atoms with Gasteiger partial charge in [0.1, 0.15) is 5.82 Å². The van der Waals surface area contributed by atoms with E-state index < -0.39 is 5.82 Å². The Morgan fingerprint density at radius 2 is 1.94 bits per heavy atom. The van der Waals surface area contributed by atoms with Crippen LogP contribution in [0.1, 0.15) is 46.9 Å². The average molecular weight is 420 g/mol. The third kappa shape index (κ3) is 4.13. The predicted molar refractivity (Wildman–Crippen MR) is 118 cm³/mol. The molecule has 31 heavy (non-hydrogen) atoms. The zero-order valence-electron chi connectivity index (χ0n) is 18.0. The van der Waals surface area contributed by atoms with Crippen LogP contribution < -0.4 is 4.90 Å². The van der Waals surface area contributed by atoms with Crippen molar-refractivity contribution in [3.63, 3.8) is 0 Å². The summed E-state index contributed by atoms with van der Waals surface area (Å²) >= 11 is 0. The Hall–Kier alpha value is -3.35. The van der Waals surface area contributed by atoms with E-state index >= 15 is 0 Å². The van der Waals surface area contributed by atoms with Crippen LogP contribution in [-0.2, 0) is 0 Å². The molecule has 3 aromatic rings. The van der Waals surface area contributed by atoms with Crippen LogP contribution in [0, 0.1) is 12.7 Å². The van der Waals surface area contributed by atoms with E-state index in [0.29, 0.717) is 12.5 Å². The fourth-order valence-electron chi connectivity index (χ4n) is 4.09. The van der Waals surface area contributed by atoms with Crippen molar-refractivity contribution in [2.24, 2.45) is 0 Å². The number of piperidine rings is 1. The number of pyridine rings is 1. The lowest BCUT2D eigenvalue weighted by Crippen LogP contribution is -2.39. The van der Waals surface area contributed by atoms with Crippen molar-refractivity contribution in [2.45, 2.75) is 32.2 Å². The third-order valence-corrected chi connectivity index (χ3v) is 5.70. The van der Waals surface area contributed by atoms with Gasteiger partial charge in [0, 0.05) is 44.8 Å². The SMILES string of the molecule is Cc1cnccc1-c1cnc(N(C)C)nc1[C@@H]1CCCCN1C(=O)c1ccccc1F. The van der Waals surface area contributed by atoms with Crippen molar-refractivity contribution in [3.05, 3.63) is 71.6 Å². The van der Waals surface area contributed by atoms with Gasteiger partial charge < -0.3 is 9.80 Å². The van der Waals surface area contributed by atoms with E-state index in [0.717, 1.165) is 41.6 Å². The molecule has 1 fully saturated rings. The van der Waals surface area contributed by atoms with Gasteiger partial charge in [-0.05, 0) is 55.5 Å². The van der Waals surface area contributed by atoms with Crippen molar-refractivity contribution in [3.8, 4) is 11.1 Å². The molecule has 160 valence electrons. The fourth-order valence-corrected chi connectivity index (χ4v) is 4.09. The largest absolute Gasteiger partial charge is 0.347 e. The van der Waals surface area contributed by atoms with Gasteiger partial charge in [0.2, 0.25) is 5.95 Å². The minimum Gasteiger partial charge on any atom is -0.347 e. The zero-order chi connectivity index (χ0) is 22.0. The highest BCUT2D eigenvalue weighted by atomic mass is 19.1. The molecule has 0 saturated carbocycles. The van der Waals surface area contributed by atoms with E-state index in [-0.39, 0.29) is 17.5 Å². The molecule has 3 heterocycles. The van der Waals surface area contributed by atoms with Crippen LogP contribution >= 0.6 is 0 Å². The number of carbonyl (C=O) groups is 1. The molecule has 6 nitrogen and oxygen atoms in total. The lowest BCUT2D eigenvalue weighted by molar-refractivity contribution is 0.0602. The first-order chi connectivity index (χ1) is 15.0. The zero-order valence-corrected chi connectivity index (χ0v) is 18.0. The maximum Gasteiger partial charge on any atom is 0.257 e. The van der Waals surface area contributed by atoms with Gasteiger partial charge in [0.25, 0.3) is 5.91 Å². The summed E-state index contributed by atoms with van der Waals surface area (Å²) in [5.41, 5.74) is 3.76. The van der Waals surface area contributed by atoms with Crippen LogP contribution in [-0.4, -0.2) is 46.4 Å². The monoisotopic (exact) mass is 419 g/mol. The maximum absolute atomic E-state index is 14.4. The topological polar surface area (TPSA) is 62.2 Å². The molecule has 1 saturated heterocycles. The number of anilines is 1. The molecule has 1 aliphatic heterocycles. The summed E-state index contributed by atoms with van der Waals surface area (Å²) in [5.74, 6) is -0.224. The summed E-state index contributed by atoms with van der Waals surface area (Å²) < 4.78 is 14.4. The molecule has 0 aliphatic carbocycles. The first-order valence-corrected chi connectivity index (χ1v) is 10.5. The Bertz CT molecular complexity index is 1100. The molecule has 4 rings (SSSR count). The lowest BCUT2D eigenvalue weighted by Gasteiger charge is -2.36. The first kappa shape index (κ1) is 20.9. The molecule has 7 heteroatoms. The third-order valence-electron chi connectivity index (χ3n) is 5.70. The average Bonchev–Trinajstić information content (AvgIpc) is 2.79. The predicted octanol–water partition coefficient (Wildman–Crippen LogP) is 4.42. The van der Waals surface area contributed by atoms with Gasteiger partial charge in [-0.1, -0.05) is 12.1 Å². The molecule has 0 spiro atoms. The fraction of sp³-hybridized carbons (Fsp3) is 0.333. The van der Waals surface area contributed by atoms with E-state index in [2.05, 4.69) is 9.97 Å². The molecular weight excluding hydrogens is 393 g/mol. The van der Waals surface area contributed by atoms with Crippen molar-refractivity contribution >= 4 is 11.9 Å². The van der Waals surface area contributed by atoms with Gasteiger partial charge in [-0.15, -0.1) is 0 Å². The molecule has 2 aromatic heterocycles. The van der Waals surface area contributed by atoms with Crippen molar-refractivity contribution in [1.82, 2.24) is 19.9 Å². The highest BCUT2D eigenvalue weighted by Gasteiger charge is 2.33. The van der Waals surface area contributed by atoms with Crippen LogP contribution in [0.3, 0.4) is 0 Å². The summed E-state index contributed by atoms with van der Waals surface area (Å²) in [6.07, 6.45) is 7.99. The van der Waals surface area contributed by atoms with Crippen molar-refractivity contribution in [1.29, 1.82) is 0 Å². The molecule has 1 aliphatic rings. The molecule has 1 atom stereocenters. The van der Waals surface area contributed by atoms with Gasteiger partial charge in [-0.3, -0.25) is 9.78 Å². The Labute approximate surface area is 181 Å². The van der Waals surface area contributed by atoms with Crippen LogP contribution in [0.4, 0.5) is 10.3 Å². The smallest absolute Gasteiger partial charge is 0.257 e. The number of likely N-dealkylation sites (tertiary alicyclic amines) is 1. The number of nitrogens with zero attached hydrogens (tertiary/aromatic N) is 5. The number of hydrogen-bond acceptors (Lipinski definition) is 5. The maximum atomic E-state index is 14.4. The highest BCUT2D eigenvalue weighted by Crippen LogP contribution is 2.38. The number of hydrogen-bond donors (Lipinski definition) is 0. The Kier molecular flexibility index (Phi) is 5.93. The number of aromatic nitrogens is 3. The van der Waals surface area contributed by atoms with Gasteiger partial charge >= 0.3 is 0 Å². The van der Waals surface area contributed by atoms with Gasteiger partial charge in [-0.2, -0.15) is 0 Å². The minimum atomic E-state index is -0.501. The number of halogens is 1. The van der Waals surface area contributed by atoms with E-state index in [1.165, 1.54) is 6.07 Å². The summed E-state index contributed by atoms with van der Waals surface area (Å²) in [5, 5.41) is 0. The van der Waals surface area contributed by atoms with Crippen molar-refractivity contribution in [2.75, 3.05) is 25.5 Å². The number of aryl methyl sites for hydroxylation is 1. The Morgan fingerprint density at radius 1 is 1.13 bits per heavy atom. The molecule has 1 aromatic carbocycles. The quantitative estimate of drug-likeness (QED) is 0.626. The normalized spacial score (nSPS) is 16.3. The standard InChI is InChI=1S/C24H26FN5O/c1-16-14-26-12-11-17(16)19-15-27-24(29(2)3)28-22(19)21-10-6-7-13-30(21)23(31)18-8-4-5-9-20(18)25/h4-5,8-9,11-12,14-15,21H,6-7,10,13H2,1-3H3/t21-/m0/s1.